The number of benzene rings is 1. The van der Waals surface area contributed by atoms with Crippen LogP contribution in [-0.2, 0) is 6.54 Å². The Labute approximate surface area is 165 Å². The van der Waals surface area contributed by atoms with Gasteiger partial charge in [-0.05, 0) is 26.0 Å². The van der Waals surface area contributed by atoms with Crippen LogP contribution in [0.2, 0.25) is 0 Å². The number of nitrogens with zero attached hydrogens (tertiary/aromatic N) is 4. The van der Waals surface area contributed by atoms with Crippen molar-refractivity contribution in [3.63, 3.8) is 0 Å². The smallest absolute Gasteiger partial charge is 0.193 e. The molecule has 1 aromatic carbocycles. The largest absolute Gasteiger partial charge is 0.496 e. The summed E-state index contributed by atoms with van der Waals surface area (Å²) in [6, 6.07) is 8.16. The fraction of sp³-hybridized carbons (Fsp3) is 0.667. The van der Waals surface area contributed by atoms with Crippen molar-refractivity contribution in [1.29, 1.82) is 0 Å². The zero-order valence-corrected chi connectivity index (χ0v) is 17.7. The maximum Gasteiger partial charge on any atom is 0.193 e. The predicted molar refractivity (Wildman–Crippen MR) is 114 cm³/mol. The van der Waals surface area contributed by atoms with Gasteiger partial charge in [0.2, 0.25) is 0 Å². The van der Waals surface area contributed by atoms with E-state index in [9.17, 15) is 0 Å². The molecular weight excluding hydrogens is 338 g/mol. The lowest BCUT2D eigenvalue weighted by atomic mass is 10.1. The molecule has 0 bridgehead atoms. The molecule has 1 heterocycles. The second-order valence-corrected chi connectivity index (χ2v) is 7.57. The number of piperazine rings is 1. The first-order chi connectivity index (χ1) is 13.0. The molecule has 0 radical (unpaired) electrons. The summed E-state index contributed by atoms with van der Waals surface area (Å²) in [6.07, 6.45) is 0. The predicted octanol–water partition coefficient (Wildman–Crippen LogP) is 1.98. The summed E-state index contributed by atoms with van der Waals surface area (Å²) >= 11 is 0. The lowest BCUT2D eigenvalue weighted by Gasteiger charge is -2.33. The van der Waals surface area contributed by atoms with Crippen molar-refractivity contribution >= 4 is 5.96 Å². The van der Waals surface area contributed by atoms with Crippen LogP contribution in [0.5, 0.6) is 5.75 Å². The number of aliphatic imine (C=N–C) groups is 1. The summed E-state index contributed by atoms with van der Waals surface area (Å²) in [4.78, 5) is 12.0. The average Bonchev–Trinajstić information content (AvgIpc) is 2.67. The molecule has 27 heavy (non-hydrogen) atoms. The highest BCUT2D eigenvalue weighted by atomic mass is 16.5. The Morgan fingerprint density at radius 2 is 1.96 bits per heavy atom. The number of hydrogen-bond donors (Lipinski definition) is 1. The highest BCUT2D eigenvalue weighted by Crippen LogP contribution is 2.18. The van der Waals surface area contributed by atoms with Gasteiger partial charge in [0.25, 0.3) is 0 Å². The van der Waals surface area contributed by atoms with Gasteiger partial charge in [-0.2, -0.15) is 0 Å². The number of methoxy groups -OCH3 is 1. The molecule has 1 saturated heterocycles. The van der Waals surface area contributed by atoms with Crippen molar-refractivity contribution in [1.82, 2.24) is 20.0 Å². The molecular formula is C21H37N5O. The zero-order chi connectivity index (χ0) is 19.6. The minimum Gasteiger partial charge on any atom is -0.496 e. The van der Waals surface area contributed by atoms with E-state index in [4.69, 9.17) is 9.73 Å². The quantitative estimate of drug-likeness (QED) is 0.556. The third-order valence-electron chi connectivity index (χ3n) is 5.01. The molecule has 6 nitrogen and oxygen atoms in total. The SMILES string of the molecule is CCNC(=NCC(C)CN1CCN(C)CC1)N(C)Cc1ccccc1OC. The second-order valence-electron chi connectivity index (χ2n) is 7.57. The summed E-state index contributed by atoms with van der Waals surface area (Å²) in [5, 5.41) is 3.42. The Morgan fingerprint density at radius 1 is 1.26 bits per heavy atom. The summed E-state index contributed by atoms with van der Waals surface area (Å²) in [7, 11) is 6.00. The number of rotatable bonds is 8. The molecule has 2 rings (SSSR count). The average molecular weight is 376 g/mol. The van der Waals surface area contributed by atoms with Crippen LogP contribution in [0.1, 0.15) is 19.4 Å². The fourth-order valence-corrected chi connectivity index (χ4v) is 3.40. The number of ether oxygens (including phenoxy) is 1. The Hall–Kier alpha value is -1.79. The van der Waals surface area contributed by atoms with Crippen LogP contribution < -0.4 is 10.1 Å². The Bertz CT molecular complexity index is 584. The number of para-hydroxylation sites is 1. The Kier molecular flexibility index (Phi) is 8.88. The lowest BCUT2D eigenvalue weighted by Crippen LogP contribution is -2.46. The number of nitrogens with one attached hydrogen (secondary N) is 1. The van der Waals surface area contributed by atoms with E-state index in [1.54, 1.807) is 7.11 Å². The van der Waals surface area contributed by atoms with Crippen LogP contribution in [0, 0.1) is 5.92 Å². The summed E-state index contributed by atoms with van der Waals surface area (Å²) in [5.74, 6) is 2.42. The molecule has 1 fully saturated rings. The minimum atomic E-state index is 0.543. The molecule has 152 valence electrons. The van der Waals surface area contributed by atoms with Crippen LogP contribution in [0.25, 0.3) is 0 Å². The number of likely N-dealkylation sites (N-methyl/N-ethyl adjacent to an activating group) is 1. The van der Waals surface area contributed by atoms with Crippen LogP contribution in [0.3, 0.4) is 0 Å². The first-order valence-corrected chi connectivity index (χ1v) is 10.1. The van der Waals surface area contributed by atoms with E-state index in [1.807, 2.05) is 18.2 Å². The van der Waals surface area contributed by atoms with Crippen molar-refractivity contribution in [3.05, 3.63) is 29.8 Å². The summed E-state index contributed by atoms with van der Waals surface area (Å²) < 4.78 is 5.48. The zero-order valence-electron chi connectivity index (χ0n) is 17.7. The third-order valence-corrected chi connectivity index (χ3v) is 5.01. The normalized spacial score (nSPS) is 17.6. The van der Waals surface area contributed by atoms with Gasteiger partial charge in [-0.3, -0.25) is 4.99 Å². The third kappa shape index (κ3) is 7.03. The van der Waals surface area contributed by atoms with Crippen LogP contribution in [0.4, 0.5) is 0 Å². The maximum absolute atomic E-state index is 5.48. The van der Waals surface area contributed by atoms with Crippen LogP contribution in [-0.4, -0.2) is 87.7 Å². The molecule has 1 aliphatic rings. The van der Waals surface area contributed by atoms with Gasteiger partial charge in [0.05, 0.1) is 7.11 Å². The van der Waals surface area contributed by atoms with Gasteiger partial charge >= 0.3 is 0 Å². The van der Waals surface area contributed by atoms with E-state index in [2.05, 4.69) is 54.0 Å². The fourth-order valence-electron chi connectivity index (χ4n) is 3.40. The van der Waals surface area contributed by atoms with Gasteiger partial charge in [-0.1, -0.05) is 25.1 Å². The van der Waals surface area contributed by atoms with Gasteiger partial charge in [-0.25, -0.2) is 0 Å². The van der Waals surface area contributed by atoms with Crippen molar-refractivity contribution < 1.29 is 4.74 Å². The molecule has 0 amide bonds. The van der Waals surface area contributed by atoms with Gasteiger partial charge < -0.3 is 24.8 Å². The van der Waals surface area contributed by atoms with Crippen molar-refractivity contribution in [3.8, 4) is 5.75 Å². The van der Waals surface area contributed by atoms with Gasteiger partial charge in [0.15, 0.2) is 5.96 Å². The van der Waals surface area contributed by atoms with Crippen molar-refractivity contribution in [2.45, 2.75) is 20.4 Å². The topological polar surface area (TPSA) is 43.3 Å². The summed E-state index contributed by atoms with van der Waals surface area (Å²) in [5.41, 5.74) is 1.17. The molecule has 1 aromatic rings. The molecule has 0 aromatic heterocycles. The van der Waals surface area contributed by atoms with E-state index in [0.29, 0.717) is 5.92 Å². The highest BCUT2D eigenvalue weighted by Gasteiger charge is 2.16. The van der Waals surface area contributed by atoms with E-state index in [1.165, 1.54) is 31.7 Å². The van der Waals surface area contributed by atoms with E-state index >= 15 is 0 Å². The molecule has 0 saturated carbocycles. The highest BCUT2D eigenvalue weighted by molar-refractivity contribution is 5.79. The van der Waals surface area contributed by atoms with E-state index in [-0.39, 0.29) is 0 Å². The van der Waals surface area contributed by atoms with Gasteiger partial charge in [0, 0.05) is 65.0 Å². The van der Waals surface area contributed by atoms with Gasteiger partial charge in [0.1, 0.15) is 5.75 Å². The molecule has 1 atom stereocenters. The van der Waals surface area contributed by atoms with Crippen LogP contribution >= 0.6 is 0 Å². The number of guanidine groups is 1. The lowest BCUT2D eigenvalue weighted by molar-refractivity contribution is 0.140. The molecule has 1 unspecified atom stereocenters. The second kappa shape index (κ2) is 11.1. The van der Waals surface area contributed by atoms with Gasteiger partial charge in [-0.15, -0.1) is 0 Å². The van der Waals surface area contributed by atoms with Crippen molar-refractivity contribution in [2.24, 2.45) is 10.9 Å². The number of hydrogen-bond acceptors (Lipinski definition) is 4. The molecule has 6 heteroatoms. The molecule has 0 aliphatic carbocycles. The monoisotopic (exact) mass is 375 g/mol. The maximum atomic E-state index is 5.48. The molecule has 1 N–H and O–H groups in total. The Morgan fingerprint density at radius 3 is 2.63 bits per heavy atom. The molecule has 0 spiro atoms. The van der Waals surface area contributed by atoms with E-state index < -0.39 is 0 Å². The van der Waals surface area contributed by atoms with E-state index in [0.717, 1.165) is 37.9 Å². The van der Waals surface area contributed by atoms with Crippen molar-refractivity contribution in [2.75, 3.05) is 67.0 Å². The standard InChI is InChI=1S/C21H37N5O/c1-6-22-21(25(4)17-19-9-7-8-10-20(19)27-5)23-15-18(2)16-26-13-11-24(3)12-14-26/h7-10,18H,6,11-17H2,1-5H3,(H,22,23). The Balaban J connectivity index is 1.92. The first kappa shape index (κ1) is 21.5. The minimum absolute atomic E-state index is 0.543. The van der Waals surface area contributed by atoms with Crippen LogP contribution in [0.15, 0.2) is 29.3 Å². The summed E-state index contributed by atoms with van der Waals surface area (Å²) in [6.45, 7) is 12.7. The molecule has 1 aliphatic heterocycles. The first-order valence-electron chi connectivity index (χ1n) is 10.1.